The standard InChI is InChI=1S/C15H12O2S2.C15H14O2S2/c16-15(17)13-8-12-14(19-13)11(9-18-12)7-6-10-4-2-1-3-5-10;16-15(17)14(18)9-13-8-12(10-19-13)7-6-11-4-2-1-3-5-11/h1-5,8-9H,6-7H2,(H,16,17);1-5,8-10,18H,6-7H2,(H,16,17)/b;14-9-. The monoisotopic (exact) mass is 578 g/mol. The van der Waals surface area contributed by atoms with Crippen LogP contribution in [0.2, 0.25) is 0 Å². The summed E-state index contributed by atoms with van der Waals surface area (Å²) in [6.07, 6.45) is 5.50. The van der Waals surface area contributed by atoms with E-state index in [0.29, 0.717) is 4.88 Å². The molecule has 8 heteroatoms. The van der Waals surface area contributed by atoms with Gasteiger partial charge in [0, 0.05) is 14.3 Å². The summed E-state index contributed by atoms with van der Waals surface area (Å²) in [5, 5.41) is 22.0. The number of carbonyl (C=O) groups is 2. The lowest BCUT2D eigenvalue weighted by Crippen LogP contribution is -1.92. The molecule has 0 spiro atoms. The van der Waals surface area contributed by atoms with Crippen LogP contribution in [0.5, 0.6) is 0 Å². The first-order valence-corrected chi connectivity index (χ1v) is 14.9. The fourth-order valence-corrected chi connectivity index (χ4v) is 7.19. The summed E-state index contributed by atoms with van der Waals surface area (Å²) < 4.78 is 2.23. The molecule has 5 aromatic rings. The number of aliphatic carboxylic acids is 1. The van der Waals surface area contributed by atoms with E-state index < -0.39 is 11.9 Å². The third-order valence-electron chi connectivity index (χ3n) is 5.77. The summed E-state index contributed by atoms with van der Waals surface area (Å²) in [5.74, 6) is -1.83. The molecule has 5 rings (SSSR count). The van der Waals surface area contributed by atoms with Gasteiger partial charge in [0.25, 0.3) is 0 Å². The van der Waals surface area contributed by atoms with Crippen LogP contribution in [-0.4, -0.2) is 22.2 Å². The van der Waals surface area contributed by atoms with Crippen LogP contribution in [0.3, 0.4) is 0 Å². The summed E-state index contributed by atoms with van der Waals surface area (Å²) in [6.45, 7) is 0. The molecule has 0 fully saturated rings. The Kier molecular flexibility index (Phi) is 9.95. The third kappa shape index (κ3) is 7.91. The summed E-state index contributed by atoms with van der Waals surface area (Å²) in [7, 11) is 0. The van der Waals surface area contributed by atoms with Gasteiger partial charge in [0.15, 0.2) is 0 Å². The minimum Gasteiger partial charge on any atom is -0.477 e. The van der Waals surface area contributed by atoms with Crippen LogP contribution < -0.4 is 0 Å². The predicted octanol–water partition coefficient (Wildman–Crippen LogP) is 8.33. The number of hydrogen-bond donors (Lipinski definition) is 3. The van der Waals surface area contributed by atoms with Gasteiger partial charge in [-0.3, -0.25) is 0 Å². The van der Waals surface area contributed by atoms with Gasteiger partial charge in [-0.25, -0.2) is 9.59 Å². The number of thiophene rings is 3. The van der Waals surface area contributed by atoms with Crippen molar-refractivity contribution in [2.75, 3.05) is 0 Å². The quantitative estimate of drug-likeness (QED) is 0.121. The van der Waals surface area contributed by atoms with Crippen LogP contribution >= 0.6 is 46.6 Å². The van der Waals surface area contributed by atoms with Gasteiger partial charge >= 0.3 is 11.9 Å². The minimum atomic E-state index is -0.998. The van der Waals surface area contributed by atoms with Crippen molar-refractivity contribution in [3.63, 3.8) is 0 Å². The summed E-state index contributed by atoms with van der Waals surface area (Å²) in [4.78, 5) is 23.1. The van der Waals surface area contributed by atoms with E-state index >= 15 is 0 Å². The average molecular weight is 579 g/mol. The Morgan fingerprint density at radius 2 is 1.37 bits per heavy atom. The zero-order chi connectivity index (χ0) is 26.9. The van der Waals surface area contributed by atoms with Crippen molar-refractivity contribution in [2.24, 2.45) is 0 Å². The first kappa shape index (κ1) is 27.9. The fourth-order valence-electron chi connectivity index (χ4n) is 3.81. The maximum atomic E-state index is 11.0. The van der Waals surface area contributed by atoms with Crippen LogP contribution in [0.15, 0.2) is 88.5 Å². The molecule has 0 aliphatic heterocycles. The van der Waals surface area contributed by atoms with E-state index in [9.17, 15) is 9.59 Å². The van der Waals surface area contributed by atoms with Gasteiger partial charge in [0.2, 0.25) is 0 Å². The van der Waals surface area contributed by atoms with E-state index in [2.05, 4.69) is 47.7 Å². The molecule has 0 bridgehead atoms. The van der Waals surface area contributed by atoms with Crippen molar-refractivity contribution >= 4 is 74.1 Å². The van der Waals surface area contributed by atoms with Crippen LogP contribution in [0, 0.1) is 0 Å². The average Bonchev–Trinajstić information content (AvgIpc) is 3.64. The fraction of sp³-hybridized carbons (Fsp3) is 0.133. The number of aryl methyl sites for hydroxylation is 4. The second kappa shape index (κ2) is 13.6. The minimum absolute atomic E-state index is 0.0662. The Morgan fingerprint density at radius 3 is 1.97 bits per heavy atom. The molecule has 0 radical (unpaired) electrons. The molecule has 194 valence electrons. The molecule has 0 saturated carbocycles. The molecule has 38 heavy (non-hydrogen) atoms. The molecule has 4 nitrogen and oxygen atoms in total. The van der Waals surface area contributed by atoms with Gasteiger partial charge in [-0.05, 0) is 76.9 Å². The van der Waals surface area contributed by atoms with Crippen LogP contribution in [-0.2, 0) is 30.5 Å². The summed E-state index contributed by atoms with van der Waals surface area (Å²) >= 11 is 8.48. The predicted molar refractivity (Wildman–Crippen MR) is 163 cm³/mol. The zero-order valence-electron chi connectivity index (χ0n) is 20.4. The lowest BCUT2D eigenvalue weighted by molar-refractivity contribution is -0.131. The number of rotatable bonds is 9. The van der Waals surface area contributed by atoms with E-state index in [1.165, 1.54) is 33.6 Å². The zero-order valence-corrected chi connectivity index (χ0v) is 23.7. The Hall–Kier alpha value is -3.17. The highest BCUT2D eigenvalue weighted by Crippen LogP contribution is 2.34. The Morgan fingerprint density at radius 1 is 0.763 bits per heavy atom. The first-order valence-electron chi connectivity index (χ1n) is 11.9. The van der Waals surface area contributed by atoms with Crippen molar-refractivity contribution in [3.8, 4) is 0 Å². The number of aromatic carboxylic acids is 1. The lowest BCUT2D eigenvalue weighted by atomic mass is 10.1. The van der Waals surface area contributed by atoms with Crippen molar-refractivity contribution in [3.05, 3.63) is 120 Å². The molecule has 2 aromatic carbocycles. The molecule has 2 N–H and O–H groups in total. The second-order valence-electron chi connectivity index (χ2n) is 8.53. The Bertz CT molecular complexity index is 1530. The van der Waals surface area contributed by atoms with Gasteiger partial charge in [0.1, 0.15) is 4.88 Å². The maximum absolute atomic E-state index is 11.0. The van der Waals surface area contributed by atoms with Gasteiger partial charge in [-0.2, -0.15) is 0 Å². The van der Waals surface area contributed by atoms with Crippen LogP contribution in [0.4, 0.5) is 0 Å². The highest BCUT2D eigenvalue weighted by molar-refractivity contribution is 7.85. The lowest BCUT2D eigenvalue weighted by Gasteiger charge is -1.99. The number of thiol groups is 1. The SMILES string of the molecule is O=C(O)/C(S)=C/c1cc(CCc2ccccc2)cs1.O=C(O)c1cc2scc(CCc3ccccc3)c2s1. The van der Waals surface area contributed by atoms with Gasteiger partial charge in [0.05, 0.1) is 4.91 Å². The van der Waals surface area contributed by atoms with E-state index in [-0.39, 0.29) is 4.91 Å². The van der Waals surface area contributed by atoms with Gasteiger partial charge in [-0.15, -0.1) is 46.6 Å². The number of carboxylic acids is 2. The highest BCUT2D eigenvalue weighted by atomic mass is 32.1. The molecule has 3 aromatic heterocycles. The molecule has 0 aliphatic carbocycles. The second-order valence-corrected chi connectivity index (χ2v) is 11.9. The molecule has 0 saturated heterocycles. The summed E-state index contributed by atoms with van der Waals surface area (Å²) in [5.41, 5.74) is 5.12. The third-order valence-corrected chi connectivity index (χ3v) is 9.33. The van der Waals surface area contributed by atoms with E-state index in [1.54, 1.807) is 34.8 Å². The van der Waals surface area contributed by atoms with E-state index in [4.69, 9.17) is 10.2 Å². The van der Waals surface area contributed by atoms with Crippen molar-refractivity contribution in [1.82, 2.24) is 0 Å². The van der Waals surface area contributed by atoms with Crippen LogP contribution in [0.25, 0.3) is 15.5 Å². The number of benzene rings is 2. The van der Waals surface area contributed by atoms with E-state index in [1.807, 2.05) is 42.5 Å². The molecule has 0 aliphatic rings. The first-order chi connectivity index (χ1) is 18.4. The highest BCUT2D eigenvalue weighted by Gasteiger charge is 2.13. The molecular weight excluding hydrogens is 553 g/mol. The van der Waals surface area contributed by atoms with Crippen molar-refractivity contribution in [1.29, 1.82) is 0 Å². The molecule has 0 atom stereocenters. The molecule has 0 amide bonds. The van der Waals surface area contributed by atoms with E-state index in [0.717, 1.165) is 40.0 Å². The largest absolute Gasteiger partial charge is 0.477 e. The van der Waals surface area contributed by atoms with Crippen LogP contribution in [0.1, 0.15) is 36.8 Å². The Labute approximate surface area is 239 Å². The number of fused-ring (bicyclic) bond motifs is 1. The molecule has 3 heterocycles. The normalized spacial score (nSPS) is 11.2. The number of hydrogen-bond acceptors (Lipinski definition) is 6. The number of carboxylic acid groups (broad SMARTS) is 2. The van der Waals surface area contributed by atoms with Gasteiger partial charge in [-0.1, -0.05) is 60.7 Å². The Balaban J connectivity index is 0.000000177. The molecule has 0 unspecified atom stereocenters. The summed E-state index contributed by atoms with van der Waals surface area (Å²) in [6, 6.07) is 24.5. The van der Waals surface area contributed by atoms with Crippen molar-refractivity contribution < 1.29 is 19.8 Å². The van der Waals surface area contributed by atoms with Gasteiger partial charge < -0.3 is 10.2 Å². The van der Waals surface area contributed by atoms with Crippen molar-refractivity contribution in [2.45, 2.75) is 25.7 Å². The maximum Gasteiger partial charge on any atom is 0.345 e. The smallest absolute Gasteiger partial charge is 0.345 e. The molecular formula is C30H26O4S4. The topological polar surface area (TPSA) is 74.6 Å².